The van der Waals surface area contributed by atoms with E-state index in [2.05, 4.69) is 223 Å². The Balaban J connectivity index is 1.07. The average Bonchev–Trinajstić information content (AvgIpc) is 3.81. The summed E-state index contributed by atoms with van der Waals surface area (Å²) in [5.74, 6) is 1.76. The number of hydrogen-bond acceptors (Lipinski definition) is 2. The molecule has 2 aromatic heterocycles. The number of hydrogen-bond donors (Lipinski definition) is 0. The predicted molar refractivity (Wildman–Crippen MR) is 250 cm³/mol. The molecule has 0 bridgehead atoms. The minimum Gasteiger partial charge on any atom is -0.457 e. The van der Waals surface area contributed by atoms with Crippen LogP contribution < -0.4 is 4.74 Å². The Bertz CT molecular complexity index is 3460. The molecule has 1 spiro atoms. The van der Waals surface area contributed by atoms with E-state index in [1.807, 2.05) is 0 Å². The molecule has 0 N–H and O–H groups in total. The Morgan fingerprint density at radius 2 is 0.934 bits per heavy atom. The van der Waals surface area contributed by atoms with Gasteiger partial charge in [-0.3, -0.25) is 0 Å². The van der Waals surface area contributed by atoms with Gasteiger partial charge in [-0.05, 0) is 75.2 Å². The van der Waals surface area contributed by atoms with Crippen LogP contribution in [0.25, 0.3) is 83.0 Å². The van der Waals surface area contributed by atoms with E-state index < -0.39 is 5.41 Å². The summed E-state index contributed by atoms with van der Waals surface area (Å²) in [7, 11) is 0. The lowest BCUT2D eigenvalue weighted by Gasteiger charge is -2.39. The second kappa shape index (κ2) is 13.0. The van der Waals surface area contributed by atoms with Crippen LogP contribution in [-0.2, 0) is 5.41 Å². The number of nitrogens with zero attached hydrogens (tertiary/aromatic N) is 2. The van der Waals surface area contributed by atoms with Crippen molar-refractivity contribution < 1.29 is 4.74 Å². The van der Waals surface area contributed by atoms with E-state index in [9.17, 15) is 0 Å². The van der Waals surface area contributed by atoms with Crippen LogP contribution in [0.2, 0.25) is 0 Å². The van der Waals surface area contributed by atoms with Crippen LogP contribution in [0.15, 0.2) is 218 Å². The number of para-hydroxylation sites is 2. The van der Waals surface area contributed by atoms with Crippen molar-refractivity contribution in [3.63, 3.8) is 0 Å². The molecule has 13 rings (SSSR count). The molecule has 0 unspecified atom stereocenters. The van der Waals surface area contributed by atoms with Gasteiger partial charge in [-0.15, -0.1) is 0 Å². The Labute approximate surface area is 353 Å². The molecule has 3 heteroatoms. The molecule has 2 aliphatic rings. The van der Waals surface area contributed by atoms with Crippen molar-refractivity contribution in [1.29, 1.82) is 0 Å². The van der Waals surface area contributed by atoms with Gasteiger partial charge in [0.05, 0.1) is 33.5 Å². The predicted octanol–water partition coefficient (Wildman–Crippen LogP) is 14.8. The van der Waals surface area contributed by atoms with E-state index in [-0.39, 0.29) is 0 Å². The molecule has 3 nitrogen and oxygen atoms in total. The van der Waals surface area contributed by atoms with Gasteiger partial charge < -0.3 is 9.30 Å². The van der Waals surface area contributed by atoms with Gasteiger partial charge in [-0.25, -0.2) is 4.98 Å². The van der Waals surface area contributed by atoms with Crippen LogP contribution in [-0.4, -0.2) is 9.55 Å². The molecule has 284 valence electrons. The van der Waals surface area contributed by atoms with Crippen LogP contribution in [0.3, 0.4) is 0 Å². The van der Waals surface area contributed by atoms with Crippen LogP contribution in [0.5, 0.6) is 11.5 Å². The third-order valence-electron chi connectivity index (χ3n) is 13.1. The molecular formula is C58H36N2O. The monoisotopic (exact) mass is 776 g/mol. The number of rotatable bonds is 4. The van der Waals surface area contributed by atoms with Crippen molar-refractivity contribution in [2.45, 2.75) is 5.41 Å². The van der Waals surface area contributed by atoms with E-state index >= 15 is 0 Å². The Morgan fingerprint density at radius 3 is 1.69 bits per heavy atom. The molecule has 0 amide bonds. The summed E-state index contributed by atoms with van der Waals surface area (Å²) in [5, 5.41) is 4.68. The van der Waals surface area contributed by atoms with Crippen LogP contribution in [0.1, 0.15) is 22.3 Å². The van der Waals surface area contributed by atoms with Crippen molar-refractivity contribution in [2.24, 2.45) is 0 Å². The van der Waals surface area contributed by atoms with Crippen LogP contribution >= 0.6 is 0 Å². The number of ether oxygens (including phenoxy) is 1. The zero-order valence-electron chi connectivity index (χ0n) is 33.1. The fourth-order valence-corrected chi connectivity index (χ4v) is 10.5. The highest BCUT2D eigenvalue weighted by Gasteiger charge is 2.51. The smallest absolute Gasteiger partial charge is 0.134 e. The first-order valence-corrected chi connectivity index (χ1v) is 21.0. The Morgan fingerprint density at radius 1 is 0.344 bits per heavy atom. The maximum atomic E-state index is 7.03. The van der Waals surface area contributed by atoms with Gasteiger partial charge in [0.2, 0.25) is 0 Å². The summed E-state index contributed by atoms with van der Waals surface area (Å²) in [4.78, 5) is 5.35. The molecule has 0 radical (unpaired) electrons. The van der Waals surface area contributed by atoms with Gasteiger partial charge in [0.25, 0.3) is 0 Å². The van der Waals surface area contributed by atoms with E-state index in [1.165, 1.54) is 38.6 Å². The molecule has 0 atom stereocenters. The van der Waals surface area contributed by atoms with Crippen molar-refractivity contribution >= 4 is 32.6 Å². The van der Waals surface area contributed by atoms with E-state index in [1.54, 1.807) is 0 Å². The number of fused-ring (bicyclic) bond motifs is 13. The van der Waals surface area contributed by atoms with Crippen molar-refractivity contribution in [1.82, 2.24) is 9.55 Å². The van der Waals surface area contributed by atoms with Gasteiger partial charge in [0, 0.05) is 44.5 Å². The third kappa shape index (κ3) is 4.83. The van der Waals surface area contributed by atoms with Gasteiger partial charge in [-0.2, -0.15) is 0 Å². The first-order valence-electron chi connectivity index (χ1n) is 21.0. The molecule has 1 aliphatic carbocycles. The molecule has 3 heterocycles. The summed E-state index contributed by atoms with van der Waals surface area (Å²) in [6.45, 7) is 0. The summed E-state index contributed by atoms with van der Waals surface area (Å²) < 4.78 is 9.47. The SMILES string of the molecule is c1ccc(-c2cc(-c3ccccc3)nc(-c3ccc(-n4c5ccccc5c5cc6c(cc54)Oc4ccccc4C64c5ccccc5-c5ccccc54)c4ccccc34)c2)cc1. The number of benzene rings is 9. The summed E-state index contributed by atoms with van der Waals surface area (Å²) in [5.41, 5.74) is 16.6. The quantitative estimate of drug-likeness (QED) is 0.178. The molecular weight excluding hydrogens is 741 g/mol. The van der Waals surface area contributed by atoms with E-state index in [0.29, 0.717) is 0 Å². The number of aromatic nitrogens is 2. The van der Waals surface area contributed by atoms with Crippen LogP contribution in [0.4, 0.5) is 0 Å². The summed E-state index contributed by atoms with van der Waals surface area (Å²) >= 11 is 0. The van der Waals surface area contributed by atoms with E-state index in [0.717, 1.165) is 78.2 Å². The maximum absolute atomic E-state index is 7.03. The Kier molecular flexibility index (Phi) is 7.22. The first-order chi connectivity index (χ1) is 30.3. The zero-order valence-corrected chi connectivity index (χ0v) is 33.1. The largest absolute Gasteiger partial charge is 0.457 e. The molecule has 0 saturated carbocycles. The molecule has 1 aliphatic heterocycles. The standard InChI is InChI=1S/C58H36N2O/c1-3-17-37(18-4-1)39-33-51(38-19-5-2-6-20-38)59-52(34-39)43-31-32-54(44-24-8-7-21-40(43)44)60-53-29-15-11-25-45(53)46-35-50-57(36-55(46)60)61-56-30-16-14-28-49(56)58(50)47-26-12-9-22-41(47)42-23-10-13-27-48(42)58/h1-36H. The first kappa shape index (κ1) is 33.9. The second-order valence-electron chi connectivity index (χ2n) is 16.2. The zero-order chi connectivity index (χ0) is 40.1. The van der Waals surface area contributed by atoms with Crippen LogP contribution in [0, 0.1) is 0 Å². The minimum absolute atomic E-state index is 0.539. The normalized spacial score (nSPS) is 13.2. The van der Waals surface area contributed by atoms with Gasteiger partial charge >= 0.3 is 0 Å². The van der Waals surface area contributed by atoms with Gasteiger partial charge in [0.15, 0.2) is 0 Å². The van der Waals surface area contributed by atoms with Crippen molar-refractivity contribution in [2.75, 3.05) is 0 Å². The van der Waals surface area contributed by atoms with E-state index in [4.69, 9.17) is 9.72 Å². The second-order valence-corrected chi connectivity index (χ2v) is 16.2. The fourth-order valence-electron chi connectivity index (χ4n) is 10.5. The summed E-state index contributed by atoms with van der Waals surface area (Å²) in [6.07, 6.45) is 0. The topological polar surface area (TPSA) is 27.1 Å². The van der Waals surface area contributed by atoms with Crippen molar-refractivity contribution in [3.8, 4) is 62.0 Å². The van der Waals surface area contributed by atoms with Crippen molar-refractivity contribution in [3.05, 3.63) is 241 Å². The Hall–Kier alpha value is -8.01. The summed E-state index contributed by atoms with van der Waals surface area (Å²) in [6, 6.07) is 78.9. The minimum atomic E-state index is -0.539. The van der Waals surface area contributed by atoms with Gasteiger partial charge in [0.1, 0.15) is 11.5 Å². The highest BCUT2D eigenvalue weighted by molar-refractivity contribution is 6.13. The highest BCUT2D eigenvalue weighted by atomic mass is 16.5. The lowest BCUT2D eigenvalue weighted by atomic mass is 9.66. The molecule has 0 saturated heterocycles. The third-order valence-corrected chi connectivity index (χ3v) is 13.1. The lowest BCUT2D eigenvalue weighted by Crippen LogP contribution is -2.32. The fraction of sp³-hybridized carbons (Fsp3) is 0.0172. The maximum Gasteiger partial charge on any atom is 0.134 e. The molecule has 0 fully saturated rings. The number of pyridine rings is 1. The highest BCUT2D eigenvalue weighted by Crippen LogP contribution is 2.62. The molecule has 11 aromatic rings. The lowest BCUT2D eigenvalue weighted by molar-refractivity contribution is 0.437. The molecule has 61 heavy (non-hydrogen) atoms. The average molecular weight is 777 g/mol. The van der Waals surface area contributed by atoms with Gasteiger partial charge in [-0.1, -0.05) is 176 Å². The molecule has 9 aromatic carbocycles.